The molecule has 0 bridgehead atoms. The van der Waals surface area contributed by atoms with E-state index in [1.165, 1.54) is 24.5 Å². The van der Waals surface area contributed by atoms with E-state index in [-0.39, 0.29) is 4.90 Å². The largest absolute Gasteiger partial charge is 0.468 e. The van der Waals surface area contributed by atoms with Crippen molar-refractivity contribution in [1.29, 1.82) is 5.26 Å². The molecule has 0 unspecified atom stereocenters. The van der Waals surface area contributed by atoms with E-state index in [0.29, 0.717) is 11.3 Å². The zero-order chi connectivity index (χ0) is 13.9. The molecule has 0 aliphatic heterocycles. The summed E-state index contributed by atoms with van der Waals surface area (Å²) in [5, 5.41) is 8.78. The highest BCUT2D eigenvalue weighted by Crippen LogP contribution is 2.17. The van der Waals surface area contributed by atoms with E-state index in [0.717, 1.165) is 0 Å². The summed E-state index contributed by atoms with van der Waals surface area (Å²) in [6, 6.07) is 10.7. The number of hydrogen-bond acceptors (Lipinski definition) is 4. The molecule has 2 aromatic rings. The summed E-state index contributed by atoms with van der Waals surface area (Å²) in [6.07, 6.45) is 1.48. The summed E-state index contributed by atoms with van der Waals surface area (Å²) in [5.74, 6) is 0.528. The van der Waals surface area contributed by atoms with Crippen LogP contribution in [0.1, 0.15) is 24.3 Å². The second-order valence-electron chi connectivity index (χ2n) is 4.00. The van der Waals surface area contributed by atoms with Crippen molar-refractivity contribution in [3.8, 4) is 6.07 Å². The normalized spacial score (nSPS) is 12.8. The minimum Gasteiger partial charge on any atom is -0.468 e. The molecule has 1 N–H and O–H groups in total. The lowest BCUT2D eigenvalue weighted by atomic mass is 10.2. The van der Waals surface area contributed by atoms with Crippen LogP contribution in [0, 0.1) is 11.3 Å². The maximum absolute atomic E-state index is 12.1. The third-order valence-corrected chi connectivity index (χ3v) is 4.11. The van der Waals surface area contributed by atoms with E-state index >= 15 is 0 Å². The van der Waals surface area contributed by atoms with Crippen LogP contribution in [0.4, 0.5) is 0 Å². The highest BCUT2D eigenvalue weighted by molar-refractivity contribution is 7.89. The fraction of sp³-hybridized carbons (Fsp3) is 0.154. The topological polar surface area (TPSA) is 83.1 Å². The van der Waals surface area contributed by atoms with Gasteiger partial charge >= 0.3 is 0 Å². The van der Waals surface area contributed by atoms with Crippen LogP contribution in [0.2, 0.25) is 0 Å². The fourth-order valence-corrected chi connectivity index (χ4v) is 2.89. The van der Waals surface area contributed by atoms with Gasteiger partial charge in [-0.05, 0) is 37.3 Å². The molecule has 2 rings (SSSR count). The lowest BCUT2D eigenvalue weighted by Gasteiger charge is -2.12. The van der Waals surface area contributed by atoms with Gasteiger partial charge in [-0.3, -0.25) is 0 Å². The van der Waals surface area contributed by atoms with Crippen molar-refractivity contribution >= 4 is 10.0 Å². The van der Waals surface area contributed by atoms with Crippen LogP contribution >= 0.6 is 0 Å². The Morgan fingerprint density at radius 1 is 1.32 bits per heavy atom. The van der Waals surface area contributed by atoms with Gasteiger partial charge in [0.05, 0.1) is 28.8 Å². The Bertz CT molecular complexity index is 700. The molecular weight excluding hydrogens is 264 g/mol. The molecule has 1 aromatic heterocycles. The monoisotopic (exact) mass is 276 g/mol. The standard InChI is InChI=1S/C13H12N2O3S/c1-10(13-6-3-7-18-13)15-19(16,17)12-5-2-4-11(8-12)9-14/h2-8,10,15H,1H3/t10-/m0/s1. The van der Waals surface area contributed by atoms with Crippen LogP contribution in [0.15, 0.2) is 52.0 Å². The summed E-state index contributed by atoms with van der Waals surface area (Å²) < 4.78 is 31.9. The molecule has 0 radical (unpaired) electrons. The van der Waals surface area contributed by atoms with Crippen LogP contribution in [0.3, 0.4) is 0 Å². The summed E-state index contributed by atoms with van der Waals surface area (Å²) in [5.41, 5.74) is 0.300. The lowest BCUT2D eigenvalue weighted by Crippen LogP contribution is -2.26. The molecule has 0 saturated heterocycles. The number of hydrogen-bond donors (Lipinski definition) is 1. The number of nitrogens with one attached hydrogen (secondary N) is 1. The maximum Gasteiger partial charge on any atom is 0.241 e. The number of nitrogens with zero attached hydrogens (tertiary/aromatic N) is 1. The second kappa shape index (κ2) is 5.26. The molecule has 0 fully saturated rings. The highest BCUT2D eigenvalue weighted by atomic mass is 32.2. The Labute approximate surface area is 111 Å². The second-order valence-corrected chi connectivity index (χ2v) is 5.71. The Kier molecular flexibility index (Phi) is 3.69. The number of nitriles is 1. The summed E-state index contributed by atoms with van der Waals surface area (Å²) in [6.45, 7) is 1.69. The van der Waals surface area contributed by atoms with Crippen molar-refractivity contribution < 1.29 is 12.8 Å². The molecule has 1 aromatic carbocycles. The molecule has 1 heterocycles. The first-order valence-corrected chi connectivity index (χ1v) is 7.07. The van der Waals surface area contributed by atoms with Gasteiger partial charge in [0.1, 0.15) is 5.76 Å². The molecule has 1 atom stereocenters. The fourth-order valence-electron chi connectivity index (χ4n) is 1.63. The van der Waals surface area contributed by atoms with E-state index < -0.39 is 16.1 Å². The maximum atomic E-state index is 12.1. The zero-order valence-corrected chi connectivity index (χ0v) is 11.0. The molecule has 0 amide bonds. The van der Waals surface area contributed by atoms with Crippen molar-refractivity contribution in [2.24, 2.45) is 0 Å². The molecule has 5 nitrogen and oxygen atoms in total. The number of benzene rings is 1. The van der Waals surface area contributed by atoms with Crippen LogP contribution in [0.5, 0.6) is 0 Å². The minimum atomic E-state index is -3.68. The predicted octanol–water partition coefficient (Wildman–Crippen LogP) is 2.19. The third-order valence-electron chi connectivity index (χ3n) is 2.58. The number of furan rings is 1. The average Bonchev–Trinajstić information content (AvgIpc) is 2.92. The summed E-state index contributed by atoms with van der Waals surface area (Å²) in [7, 11) is -3.68. The SMILES string of the molecule is C[C@H](NS(=O)(=O)c1cccc(C#N)c1)c1ccco1. The quantitative estimate of drug-likeness (QED) is 0.927. The van der Waals surface area contributed by atoms with E-state index in [1.807, 2.05) is 6.07 Å². The molecule has 0 spiro atoms. The van der Waals surface area contributed by atoms with E-state index in [1.54, 1.807) is 25.1 Å². The van der Waals surface area contributed by atoms with Gasteiger partial charge in [-0.15, -0.1) is 0 Å². The third kappa shape index (κ3) is 3.02. The van der Waals surface area contributed by atoms with E-state index in [9.17, 15) is 8.42 Å². The molecule has 0 aliphatic carbocycles. The minimum absolute atomic E-state index is 0.0601. The predicted molar refractivity (Wildman–Crippen MR) is 68.6 cm³/mol. The van der Waals surface area contributed by atoms with Gasteiger partial charge in [0, 0.05) is 0 Å². The lowest BCUT2D eigenvalue weighted by molar-refractivity contribution is 0.459. The first kappa shape index (κ1) is 13.3. The smallest absolute Gasteiger partial charge is 0.241 e. The first-order valence-electron chi connectivity index (χ1n) is 5.59. The Morgan fingerprint density at radius 3 is 2.74 bits per heavy atom. The van der Waals surface area contributed by atoms with E-state index in [4.69, 9.17) is 9.68 Å². The van der Waals surface area contributed by atoms with Crippen LogP contribution < -0.4 is 4.72 Å². The molecule has 98 valence electrons. The van der Waals surface area contributed by atoms with Gasteiger partial charge in [-0.1, -0.05) is 6.07 Å². The van der Waals surface area contributed by atoms with Gasteiger partial charge in [0.15, 0.2) is 0 Å². The Hall–Kier alpha value is -2.10. The summed E-state index contributed by atoms with van der Waals surface area (Å²) >= 11 is 0. The van der Waals surface area contributed by atoms with Crippen molar-refractivity contribution in [1.82, 2.24) is 4.72 Å². The molecule has 19 heavy (non-hydrogen) atoms. The first-order chi connectivity index (χ1) is 9.03. The average molecular weight is 276 g/mol. The molecule has 0 aliphatic rings. The zero-order valence-electron chi connectivity index (χ0n) is 10.2. The van der Waals surface area contributed by atoms with Gasteiger partial charge < -0.3 is 4.42 Å². The number of rotatable bonds is 4. The molecule has 6 heteroatoms. The van der Waals surface area contributed by atoms with Crippen molar-refractivity contribution in [3.05, 3.63) is 54.0 Å². The van der Waals surface area contributed by atoms with Crippen molar-refractivity contribution in [2.45, 2.75) is 17.9 Å². The highest BCUT2D eigenvalue weighted by Gasteiger charge is 2.19. The Balaban J connectivity index is 2.25. The molecule has 0 saturated carbocycles. The van der Waals surface area contributed by atoms with Gasteiger partial charge in [-0.25, -0.2) is 13.1 Å². The number of sulfonamides is 1. The van der Waals surface area contributed by atoms with E-state index in [2.05, 4.69) is 4.72 Å². The summed E-state index contributed by atoms with van der Waals surface area (Å²) in [4.78, 5) is 0.0601. The van der Waals surface area contributed by atoms with Crippen LogP contribution in [0.25, 0.3) is 0 Å². The van der Waals surface area contributed by atoms with Gasteiger partial charge in [0.2, 0.25) is 10.0 Å². The molecular formula is C13H12N2O3S. The van der Waals surface area contributed by atoms with Crippen LogP contribution in [-0.4, -0.2) is 8.42 Å². The van der Waals surface area contributed by atoms with Crippen molar-refractivity contribution in [2.75, 3.05) is 0 Å². The van der Waals surface area contributed by atoms with Crippen molar-refractivity contribution in [3.63, 3.8) is 0 Å². The Morgan fingerprint density at radius 2 is 2.11 bits per heavy atom. The van der Waals surface area contributed by atoms with Gasteiger partial charge in [-0.2, -0.15) is 5.26 Å². The van der Waals surface area contributed by atoms with Gasteiger partial charge in [0.25, 0.3) is 0 Å². The van der Waals surface area contributed by atoms with Crippen LogP contribution in [-0.2, 0) is 10.0 Å².